The summed E-state index contributed by atoms with van der Waals surface area (Å²) < 4.78 is 25.4. The maximum absolute atomic E-state index is 12.8. The van der Waals surface area contributed by atoms with Crippen LogP contribution in [0.25, 0.3) is 10.9 Å². The number of nitrogens with zero attached hydrogens (tertiary/aromatic N) is 3. The van der Waals surface area contributed by atoms with Crippen LogP contribution in [0.3, 0.4) is 0 Å². The average Bonchev–Trinajstić information content (AvgIpc) is 2.52. The number of aryl methyl sites for hydroxylation is 1. The van der Waals surface area contributed by atoms with Gasteiger partial charge in [0.05, 0.1) is 20.8 Å². The Balaban J connectivity index is 2.46. The normalized spacial score (nSPS) is 11.8. The zero-order valence-electron chi connectivity index (χ0n) is 12.0. The van der Waals surface area contributed by atoms with Crippen molar-refractivity contribution in [2.75, 3.05) is 0 Å². The summed E-state index contributed by atoms with van der Waals surface area (Å²) in [5.41, 5.74) is -2.63. The zero-order valence-corrected chi connectivity index (χ0v) is 13.6. The molecule has 3 rings (SSSR count). The summed E-state index contributed by atoms with van der Waals surface area (Å²) in [6.45, 7) is 1.52. The molecule has 0 saturated heterocycles. The van der Waals surface area contributed by atoms with Crippen molar-refractivity contribution >= 4 is 32.3 Å². The molecule has 0 saturated carbocycles. The van der Waals surface area contributed by atoms with Crippen LogP contribution < -0.4 is 11.2 Å². The minimum Gasteiger partial charge on any atom is -0.421 e. The van der Waals surface area contributed by atoms with Crippen molar-refractivity contribution < 1.29 is 13.6 Å². The number of halogens is 1. The lowest BCUT2D eigenvalue weighted by molar-refractivity contribution is 0.162. The molecule has 1 aromatic carbocycles. The summed E-state index contributed by atoms with van der Waals surface area (Å²) in [5, 5.41) is 8.66. The first-order valence-electron chi connectivity index (χ1n) is 6.45. The van der Waals surface area contributed by atoms with Crippen LogP contribution in [0, 0.1) is 6.92 Å². The largest absolute Gasteiger partial charge is 0.421 e. The molecule has 0 atom stereocenters. The molecule has 0 bridgehead atoms. The van der Waals surface area contributed by atoms with E-state index in [4.69, 9.17) is 11.6 Å². The highest BCUT2D eigenvalue weighted by Crippen LogP contribution is 2.28. The summed E-state index contributed by atoms with van der Waals surface area (Å²) in [6, 6.07) is 3.52. The fraction of sp³-hybridized carbons (Fsp3) is 0.0769. The van der Waals surface area contributed by atoms with Gasteiger partial charge in [0.2, 0.25) is 9.84 Å². The van der Waals surface area contributed by atoms with Crippen molar-refractivity contribution in [3.8, 4) is 0 Å². The van der Waals surface area contributed by atoms with E-state index < -0.39 is 21.1 Å². The molecule has 0 amide bonds. The molecular weight excluding hydrogens is 360 g/mol. The van der Waals surface area contributed by atoms with Gasteiger partial charge in [0.25, 0.3) is 5.56 Å². The molecule has 0 aliphatic carbocycles. The molecular formula is C13H9ClN4O5S. The van der Waals surface area contributed by atoms with Crippen molar-refractivity contribution in [1.29, 1.82) is 0 Å². The molecule has 2 aromatic heterocycles. The third-order valence-electron chi connectivity index (χ3n) is 3.26. The minimum atomic E-state index is -4.16. The smallest absolute Gasteiger partial charge is 0.362 e. The highest BCUT2D eigenvalue weighted by atomic mass is 35.5. The SMILES string of the molecule is Cc1nccc(S(=O)(=O)c2ccc(Cl)c3c(=O)n(O)c(=O)[nH]c23)n1. The van der Waals surface area contributed by atoms with Gasteiger partial charge in [-0.3, -0.25) is 4.79 Å². The van der Waals surface area contributed by atoms with Crippen molar-refractivity contribution in [2.45, 2.75) is 16.8 Å². The van der Waals surface area contributed by atoms with E-state index in [2.05, 4.69) is 15.0 Å². The van der Waals surface area contributed by atoms with Crippen molar-refractivity contribution in [3.05, 3.63) is 56.1 Å². The summed E-state index contributed by atoms with van der Waals surface area (Å²) in [4.78, 5) is 33.1. The predicted octanol–water partition coefficient (Wildman–Crippen LogP) is 0.512. The summed E-state index contributed by atoms with van der Waals surface area (Å²) in [5.74, 6) is 0.237. The second kappa shape index (κ2) is 5.42. The Hall–Kier alpha value is -2.72. The number of aromatic amines is 1. The molecule has 11 heteroatoms. The molecule has 0 unspecified atom stereocenters. The number of sulfone groups is 1. The molecule has 0 aliphatic rings. The fourth-order valence-electron chi connectivity index (χ4n) is 2.17. The van der Waals surface area contributed by atoms with Crippen LogP contribution in [0.15, 0.2) is 43.9 Å². The Morgan fingerprint density at radius 1 is 1.25 bits per heavy atom. The third-order valence-corrected chi connectivity index (χ3v) is 5.27. The van der Waals surface area contributed by atoms with Crippen LogP contribution in [0.1, 0.15) is 5.82 Å². The first-order valence-corrected chi connectivity index (χ1v) is 8.31. The molecule has 124 valence electrons. The number of hydrogen-bond acceptors (Lipinski definition) is 7. The Labute approximate surface area is 139 Å². The van der Waals surface area contributed by atoms with E-state index in [9.17, 15) is 23.2 Å². The molecule has 0 radical (unpaired) electrons. The van der Waals surface area contributed by atoms with Crippen LogP contribution in [0.5, 0.6) is 0 Å². The van der Waals surface area contributed by atoms with Gasteiger partial charge in [-0.25, -0.2) is 23.2 Å². The maximum Gasteiger partial charge on any atom is 0.362 e. The van der Waals surface area contributed by atoms with Crippen LogP contribution in [0.2, 0.25) is 5.02 Å². The Bertz CT molecular complexity index is 1200. The lowest BCUT2D eigenvalue weighted by Crippen LogP contribution is -2.33. The second-order valence-corrected chi connectivity index (χ2v) is 7.06. The number of rotatable bonds is 2. The Morgan fingerprint density at radius 2 is 1.96 bits per heavy atom. The van der Waals surface area contributed by atoms with Crippen molar-refractivity contribution in [2.24, 2.45) is 0 Å². The number of nitrogens with one attached hydrogen (secondary N) is 1. The van der Waals surface area contributed by atoms with E-state index in [1.165, 1.54) is 25.3 Å². The number of H-pyrrole nitrogens is 1. The quantitative estimate of drug-likeness (QED) is 0.497. The minimum absolute atomic E-state index is 0.119. The Morgan fingerprint density at radius 3 is 2.62 bits per heavy atom. The van der Waals surface area contributed by atoms with E-state index in [-0.39, 0.29) is 36.4 Å². The zero-order chi connectivity index (χ0) is 17.6. The molecule has 24 heavy (non-hydrogen) atoms. The lowest BCUT2D eigenvalue weighted by atomic mass is 10.2. The van der Waals surface area contributed by atoms with Crippen LogP contribution in [-0.2, 0) is 9.84 Å². The first-order chi connectivity index (χ1) is 11.2. The molecule has 3 aromatic rings. The Kier molecular flexibility index (Phi) is 3.65. The molecule has 0 spiro atoms. The summed E-state index contributed by atoms with van der Waals surface area (Å²) in [6.07, 6.45) is 1.27. The van der Waals surface area contributed by atoms with Crippen LogP contribution in [0.4, 0.5) is 0 Å². The summed E-state index contributed by atoms with van der Waals surface area (Å²) in [7, 11) is -4.16. The van der Waals surface area contributed by atoms with Gasteiger partial charge in [-0.1, -0.05) is 16.3 Å². The van der Waals surface area contributed by atoms with Gasteiger partial charge < -0.3 is 10.2 Å². The van der Waals surface area contributed by atoms with Gasteiger partial charge >= 0.3 is 5.69 Å². The molecule has 9 nitrogen and oxygen atoms in total. The number of hydrogen-bond donors (Lipinski definition) is 2. The molecule has 0 fully saturated rings. The van der Waals surface area contributed by atoms with Gasteiger partial charge in [0, 0.05) is 6.20 Å². The lowest BCUT2D eigenvalue weighted by Gasteiger charge is -2.09. The van der Waals surface area contributed by atoms with Crippen LogP contribution >= 0.6 is 11.6 Å². The van der Waals surface area contributed by atoms with Gasteiger partial charge in [-0.15, -0.1) is 0 Å². The first kappa shape index (κ1) is 16.1. The summed E-state index contributed by atoms with van der Waals surface area (Å²) >= 11 is 5.91. The maximum atomic E-state index is 12.8. The number of benzene rings is 1. The van der Waals surface area contributed by atoms with E-state index in [0.717, 1.165) is 6.07 Å². The monoisotopic (exact) mass is 368 g/mol. The van der Waals surface area contributed by atoms with Gasteiger partial charge in [-0.2, -0.15) is 0 Å². The fourth-order valence-corrected chi connectivity index (χ4v) is 3.80. The van der Waals surface area contributed by atoms with Gasteiger partial charge in [-0.05, 0) is 25.1 Å². The molecule has 0 aliphatic heterocycles. The number of fused-ring (bicyclic) bond motifs is 1. The van der Waals surface area contributed by atoms with E-state index in [0.29, 0.717) is 0 Å². The second-order valence-electron chi connectivity index (χ2n) is 4.79. The highest BCUT2D eigenvalue weighted by molar-refractivity contribution is 7.91. The van der Waals surface area contributed by atoms with E-state index in [1.54, 1.807) is 0 Å². The topological polar surface area (TPSA) is 135 Å². The van der Waals surface area contributed by atoms with Crippen LogP contribution in [-0.4, -0.2) is 33.3 Å². The predicted molar refractivity (Wildman–Crippen MR) is 83.2 cm³/mol. The van der Waals surface area contributed by atoms with Crippen molar-refractivity contribution in [1.82, 2.24) is 19.7 Å². The molecule has 2 heterocycles. The van der Waals surface area contributed by atoms with Crippen molar-refractivity contribution in [3.63, 3.8) is 0 Å². The van der Waals surface area contributed by atoms with Gasteiger partial charge in [0.15, 0.2) is 5.03 Å². The molecule has 2 N–H and O–H groups in total. The average molecular weight is 369 g/mol. The van der Waals surface area contributed by atoms with E-state index in [1.807, 2.05) is 0 Å². The van der Waals surface area contributed by atoms with Gasteiger partial charge in [0.1, 0.15) is 5.82 Å². The standard InChI is InChI=1S/C13H9ClN4O5S/c1-6-15-5-4-9(16-6)24(22,23)8-3-2-7(14)10-11(8)17-13(20)18(21)12(10)19/h2-5,21H,1H3,(H,17,20). The number of aromatic nitrogens is 4. The highest BCUT2D eigenvalue weighted by Gasteiger charge is 2.25. The third kappa shape index (κ3) is 2.36. The van der Waals surface area contributed by atoms with E-state index >= 15 is 0 Å².